The number of carbonyl (C=O) groups excluding carboxylic acids is 2. The molecular formula is C17H17ClN2O2. The Morgan fingerprint density at radius 1 is 1.18 bits per heavy atom. The highest BCUT2D eigenvalue weighted by Crippen LogP contribution is 2.52. The number of fused-ring (bicyclic) bond motifs is 5. The second kappa shape index (κ2) is 4.85. The molecule has 4 rings (SSSR count). The van der Waals surface area contributed by atoms with Crippen LogP contribution in [-0.4, -0.2) is 23.4 Å². The van der Waals surface area contributed by atoms with E-state index < -0.39 is 0 Å². The van der Waals surface area contributed by atoms with Crippen molar-refractivity contribution in [1.82, 2.24) is 4.90 Å². The number of anilines is 1. The first-order valence-corrected chi connectivity index (χ1v) is 7.97. The van der Waals surface area contributed by atoms with Crippen LogP contribution in [0, 0.1) is 30.6 Å². The second-order valence-electron chi connectivity index (χ2n) is 6.40. The Hall–Kier alpha value is -1.81. The molecule has 1 aliphatic heterocycles. The summed E-state index contributed by atoms with van der Waals surface area (Å²) in [4.78, 5) is 26.4. The van der Waals surface area contributed by atoms with Gasteiger partial charge in [-0.1, -0.05) is 29.8 Å². The van der Waals surface area contributed by atoms with E-state index in [-0.39, 0.29) is 42.2 Å². The Bertz CT molecular complexity index is 670. The molecule has 114 valence electrons. The van der Waals surface area contributed by atoms with Crippen LogP contribution in [0.15, 0.2) is 30.4 Å². The molecule has 2 bridgehead atoms. The number of aryl methyl sites for hydroxylation is 1. The summed E-state index contributed by atoms with van der Waals surface area (Å²) >= 11 is 6.10. The van der Waals surface area contributed by atoms with E-state index in [4.69, 9.17) is 11.6 Å². The van der Waals surface area contributed by atoms with Gasteiger partial charge in [-0.3, -0.25) is 14.5 Å². The molecule has 3 aliphatic rings. The molecule has 0 unspecified atom stereocenters. The van der Waals surface area contributed by atoms with Crippen molar-refractivity contribution in [2.75, 3.05) is 12.0 Å². The molecule has 1 saturated heterocycles. The summed E-state index contributed by atoms with van der Waals surface area (Å²) < 4.78 is 0. The van der Waals surface area contributed by atoms with E-state index in [2.05, 4.69) is 17.5 Å². The zero-order valence-electron chi connectivity index (χ0n) is 12.3. The van der Waals surface area contributed by atoms with Crippen LogP contribution in [0.25, 0.3) is 0 Å². The minimum Gasteiger partial charge on any atom is -0.367 e. The molecule has 1 heterocycles. The Morgan fingerprint density at radius 2 is 1.82 bits per heavy atom. The maximum Gasteiger partial charge on any atom is 0.235 e. The molecule has 2 aliphatic carbocycles. The van der Waals surface area contributed by atoms with Crippen molar-refractivity contribution in [2.45, 2.75) is 13.3 Å². The molecule has 0 aromatic heterocycles. The van der Waals surface area contributed by atoms with Gasteiger partial charge in [-0.25, -0.2) is 0 Å². The number of hydrogen-bond donors (Lipinski definition) is 1. The average Bonchev–Trinajstić information content (AvgIpc) is 3.16. The highest BCUT2D eigenvalue weighted by atomic mass is 35.5. The number of nitrogens with one attached hydrogen (secondary N) is 1. The number of rotatable bonds is 3. The van der Waals surface area contributed by atoms with E-state index in [1.54, 1.807) is 0 Å². The molecule has 4 atom stereocenters. The molecule has 2 amide bonds. The SMILES string of the molecule is Cc1ccc(NCN2C(=O)[C@H]3[C@H](C2=O)[C@H]2C=C[C@H]3C2)cc1Cl. The fraction of sp³-hybridized carbons (Fsp3) is 0.412. The van der Waals surface area contributed by atoms with E-state index in [0.29, 0.717) is 5.02 Å². The van der Waals surface area contributed by atoms with Crippen LogP contribution < -0.4 is 5.32 Å². The van der Waals surface area contributed by atoms with Gasteiger partial charge < -0.3 is 5.32 Å². The van der Waals surface area contributed by atoms with Gasteiger partial charge in [0, 0.05) is 10.7 Å². The van der Waals surface area contributed by atoms with Crippen molar-refractivity contribution < 1.29 is 9.59 Å². The zero-order chi connectivity index (χ0) is 15.4. The lowest BCUT2D eigenvalue weighted by Gasteiger charge is -2.18. The van der Waals surface area contributed by atoms with Gasteiger partial charge in [-0.2, -0.15) is 0 Å². The third-order valence-electron chi connectivity index (χ3n) is 5.17. The second-order valence-corrected chi connectivity index (χ2v) is 6.81. The topological polar surface area (TPSA) is 49.4 Å². The van der Waals surface area contributed by atoms with Crippen molar-refractivity contribution in [3.05, 3.63) is 40.9 Å². The number of amides is 2. The smallest absolute Gasteiger partial charge is 0.235 e. The Kier molecular flexibility index (Phi) is 3.05. The van der Waals surface area contributed by atoms with Crippen molar-refractivity contribution in [3.8, 4) is 0 Å². The van der Waals surface area contributed by atoms with Crippen LogP contribution in [0.5, 0.6) is 0 Å². The predicted molar refractivity (Wildman–Crippen MR) is 84.2 cm³/mol. The van der Waals surface area contributed by atoms with Crippen LogP contribution in [0.4, 0.5) is 5.69 Å². The van der Waals surface area contributed by atoms with Crippen LogP contribution in [-0.2, 0) is 9.59 Å². The number of nitrogens with zero attached hydrogens (tertiary/aromatic N) is 1. The van der Waals surface area contributed by atoms with Gasteiger partial charge in [0.1, 0.15) is 0 Å². The Morgan fingerprint density at radius 3 is 2.41 bits per heavy atom. The summed E-state index contributed by atoms with van der Waals surface area (Å²) in [5.74, 6) is 0.183. The molecule has 4 nitrogen and oxygen atoms in total. The van der Waals surface area contributed by atoms with Gasteiger partial charge >= 0.3 is 0 Å². The van der Waals surface area contributed by atoms with Crippen LogP contribution in [0.2, 0.25) is 5.02 Å². The molecule has 5 heteroatoms. The Labute approximate surface area is 134 Å². The van der Waals surface area contributed by atoms with Crippen molar-refractivity contribution in [1.29, 1.82) is 0 Å². The minimum atomic E-state index is -0.133. The van der Waals surface area contributed by atoms with E-state index >= 15 is 0 Å². The predicted octanol–water partition coefficient (Wildman–Crippen LogP) is 2.82. The maximum atomic E-state index is 12.5. The highest BCUT2D eigenvalue weighted by Gasteiger charge is 2.59. The first-order chi connectivity index (χ1) is 10.6. The average molecular weight is 317 g/mol. The van der Waals surface area contributed by atoms with E-state index in [1.165, 1.54) is 4.90 Å². The minimum absolute atomic E-state index is 0.0300. The summed E-state index contributed by atoms with van der Waals surface area (Å²) in [7, 11) is 0. The molecule has 0 radical (unpaired) electrons. The monoisotopic (exact) mass is 316 g/mol. The number of imide groups is 1. The number of allylic oxidation sites excluding steroid dienone is 2. The lowest BCUT2D eigenvalue weighted by molar-refractivity contribution is -0.140. The standard InChI is InChI=1S/C17H17ClN2O2/c1-9-2-5-12(7-13(9)18)19-8-20-16(21)14-10-3-4-11(6-10)15(14)17(20)22/h2-5,7,10-11,14-15,19H,6,8H2,1H3/t10-,11-,14+,15+/m0/s1. The van der Waals surface area contributed by atoms with E-state index in [0.717, 1.165) is 17.7 Å². The molecule has 2 fully saturated rings. The molecular weight excluding hydrogens is 300 g/mol. The number of hydrogen-bond acceptors (Lipinski definition) is 3. The number of likely N-dealkylation sites (tertiary alicyclic amines) is 1. The van der Waals surface area contributed by atoms with Crippen molar-refractivity contribution >= 4 is 29.1 Å². The van der Waals surface area contributed by atoms with Crippen LogP contribution in [0.1, 0.15) is 12.0 Å². The van der Waals surface area contributed by atoms with Crippen molar-refractivity contribution in [3.63, 3.8) is 0 Å². The van der Waals surface area contributed by atoms with Gasteiger partial charge in [0.15, 0.2) is 0 Å². The third kappa shape index (κ3) is 1.90. The molecule has 22 heavy (non-hydrogen) atoms. The van der Waals surface area contributed by atoms with Crippen molar-refractivity contribution in [2.24, 2.45) is 23.7 Å². The quantitative estimate of drug-likeness (QED) is 0.689. The summed E-state index contributed by atoms with van der Waals surface area (Å²) in [5, 5.41) is 3.80. The largest absolute Gasteiger partial charge is 0.367 e. The van der Waals surface area contributed by atoms with Gasteiger partial charge in [-0.15, -0.1) is 0 Å². The van der Waals surface area contributed by atoms with Gasteiger partial charge in [0.2, 0.25) is 11.8 Å². The van der Waals surface area contributed by atoms with Crippen LogP contribution in [0.3, 0.4) is 0 Å². The summed E-state index contributed by atoms with van der Waals surface area (Å²) in [6, 6.07) is 5.63. The molecule has 1 N–H and O–H groups in total. The van der Waals surface area contributed by atoms with E-state index in [9.17, 15) is 9.59 Å². The molecule has 0 spiro atoms. The first kappa shape index (κ1) is 13.8. The number of benzene rings is 1. The first-order valence-electron chi connectivity index (χ1n) is 7.60. The van der Waals surface area contributed by atoms with E-state index in [1.807, 2.05) is 25.1 Å². The van der Waals surface area contributed by atoms with Crippen LogP contribution >= 0.6 is 11.6 Å². The van der Waals surface area contributed by atoms with Gasteiger partial charge in [-0.05, 0) is 42.9 Å². The van der Waals surface area contributed by atoms with Gasteiger partial charge in [0.05, 0.1) is 18.5 Å². The molecule has 1 aromatic rings. The lowest BCUT2D eigenvalue weighted by atomic mass is 9.85. The fourth-order valence-electron chi connectivity index (χ4n) is 3.99. The normalized spacial score (nSPS) is 32.0. The van der Waals surface area contributed by atoms with Gasteiger partial charge in [0.25, 0.3) is 0 Å². The highest BCUT2D eigenvalue weighted by molar-refractivity contribution is 6.31. The molecule has 1 aromatic carbocycles. The summed E-state index contributed by atoms with van der Waals surface area (Å²) in [6.07, 6.45) is 5.17. The Balaban J connectivity index is 1.49. The maximum absolute atomic E-state index is 12.5. The number of halogens is 1. The number of carbonyl (C=O) groups is 2. The zero-order valence-corrected chi connectivity index (χ0v) is 13.0. The summed E-state index contributed by atoms with van der Waals surface area (Å²) in [5.41, 5.74) is 1.81. The molecule has 1 saturated carbocycles. The summed E-state index contributed by atoms with van der Waals surface area (Å²) in [6.45, 7) is 2.15. The third-order valence-corrected chi connectivity index (χ3v) is 5.58. The lowest BCUT2D eigenvalue weighted by Crippen LogP contribution is -2.37. The fourth-order valence-corrected chi connectivity index (χ4v) is 4.17.